The molecule has 21 heavy (non-hydrogen) atoms. The van der Waals surface area contributed by atoms with E-state index in [0.717, 1.165) is 21.4 Å². The van der Waals surface area contributed by atoms with Crippen molar-refractivity contribution in [2.75, 3.05) is 0 Å². The largest absolute Gasteiger partial charge is 0.411 e. The number of nitrogens with one attached hydrogen (secondary N) is 2. The quantitative estimate of drug-likeness (QED) is 0.372. The van der Waals surface area contributed by atoms with Gasteiger partial charge in [0.15, 0.2) is 0 Å². The molecule has 2 aromatic heterocycles. The van der Waals surface area contributed by atoms with Crippen LogP contribution in [0.5, 0.6) is 0 Å². The molecule has 0 atom stereocenters. The lowest BCUT2D eigenvalue weighted by Gasteiger charge is -2.16. The minimum absolute atomic E-state index is 0.179. The summed E-state index contributed by atoms with van der Waals surface area (Å²) < 4.78 is 0.986. The molecule has 0 aliphatic heterocycles. The maximum atomic E-state index is 9.57. The zero-order valence-electron chi connectivity index (χ0n) is 11.1. The van der Waals surface area contributed by atoms with E-state index >= 15 is 0 Å². The fourth-order valence-electron chi connectivity index (χ4n) is 2.41. The van der Waals surface area contributed by atoms with E-state index in [1.165, 1.54) is 0 Å². The van der Waals surface area contributed by atoms with Gasteiger partial charge in [-0.05, 0) is 36.4 Å². The Balaban J connectivity index is 2.08. The second kappa shape index (κ2) is 6.01. The molecule has 106 valence electrons. The van der Waals surface area contributed by atoms with Gasteiger partial charge in [-0.1, -0.05) is 33.2 Å². The third-order valence-electron chi connectivity index (χ3n) is 3.39. The number of nitrogens with zero attached hydrogens (tertiary/aromatic N) is 1. The molecule has 4 nitrogen and oxygen atoms in total. The van der Waals surface area contributed by atoms with Crippen LogP contribution in [0.15, 0.2) is 70.6 Å². The molecular weight excluding hydrogens is 330 g/mol. The number of hydrogen-bond acceptors (Lipinski definition) is 2. The normalized spacial score (nSPS) is 12.0. The molecule has 0 saturated carbocycles. The minimum Gasteiger partial charge on any atom is -0.411 e. The van der Waals surface area contributed by atoms with Gasteiger partial charge in [-0.2, -0.15) is 0 Å². The maximum Gasteiger partial charge on any atom is 0.102 e. The highest BCUT2D eigenvalue weighted by molar-refractivity contribution is 9.10. The second-order valence-electron chi connectivity index (χ2n) is 4.68. The van der Waals surface area contributed by atoms with Crippen LogP contribution < -0.4 is 0 Å². The standard InChI is InChI=1S/C16H14BrN3O/c17-12-7-5-11(6-8-12)16(20-21)15(13-3-1-9-18-13)14-4-2-10-19-14/h1-10,15,18-19,21H/b20-16-. The summed E-state index contributed by atoms with van der Waals surface area (Å²) in [5, 5.41) is 13.1. The zero-order valence-corrected chi connectivity index (χ0v) is 12.7. The van der Waals surface area contributed by atoms with Crippen molar-refractivity contribution in [3.8, 4) is 0 Å². The lowest BCUT2D eigenvalue weighted by Crippen LogP contribution is -2.16. The average Bonchev–Trinajstić information content (AvgIpc) is 3.19. The lowest BCUT2D eigenvalue weighted by atomic mass is 9.91. The zero-order chi connectivity index (χ0) is 14.7. The van der Waals surface area contributed by atoms with Crippen LogP contribution in [0, 0.1) is 0 Å². The van der Waals surface area contributed by atoms with Crippen molar-refractivity contribution in [2.24, 2.45) is 5.16 Å². The van der Waals surface area contributed by atoms with Crippen molar-refractivity contribution in [2.45, 2.75) is 5.92 Å². The fourth-order valence-corrected chi connectivity index (χ4v) is 2.68. The van der Waals surface area contributed by atoms with Crippen LogP contribution >= 0.6 is 15.9 Å². The molecular formula is C16H14BrN3O. The Kier molecular flexibility index (Phi) is 3.92. The van der Waals surface area contributed by atoms with Crippen molar-refractivity contribution in [1.82, 2.24) is 9.97 Å². The summed E-state index contributed by atoms with van der Waals surface area (Å²) in [6.07, 6.45) is 3.73. The third kappa shape index (κ3) is 2.78. The van der Waals surface area contributed by atoms with Gasteiger partial charge >= 0.3 is 0 Å². The van der Waals surface area contributed by atoms with E-state index in [9.17, 15) is 5.21 Å². The van der Waals surface area contributed by atoms with Crippen LogP contribution in [0.25, 0.3) is 0 Å². The summed E-state index contributed by atoms with van der Waals surface area (Å²) in [7, 11) is 0. The Morgan fingerprint density at radius 1 is 0.952 bits per heavy atom. The van der Waals surface area contributed by atoms with E-state index in [1.54, 1.807) is 0 Å². The Bertz CT molecular complexity index is 681. The van der Waals surface area contributed by atoms with Gasteiger partial charge in [0.25, 0.3) is 0 Å². The van der Waals surface area contributed by atoms with E-state index in [1.807, 2.05) is 60.9 Å². The van der Waals surface area contributed by atoms with Crippen LogP contribution in [0.4, 0.5) is 0 Å². The SMILES string of the molecule is O/N=C(/c1ccc(Br)cc1)C(c1ccc[nH]1)c1ccc[nH]1. The van der Waals surface area contributed by atoms with Gasteiger partial charge in [-0.25, -0.2) is 0 Å². The van der Waals surface area contributed by atoms with Gasteiger partial charge < -0.3 is 15.2 Å². The summed E-state index contributed by atoms with van der Waals surface area (Å²) in [4.78, 5) is 6.40. The second-order valence-corrected chi connectivity index (χ2v) is 5.59. The maximum absolute atomic E-state index is 9.57. The topological polar surface area (TPSA) is 64.2 Å². The van der Waals surface area contributed by atoms with Crippen molar-refractivity contribution >= 4 is 21.6 Å². The number of aromatic amines is 2. The molecule has 0 bridgehead atoms. The molecule has 3 N–H and O–H groups in total. The first-order chi connectivity index (χ1) is 10.3. The van der Waals surface area contributed by atoms with Crippen molar-refractivity contribution < 1.29 is 5.21 Å². The molecule has 0 amide bonds. The molecule has 2 heterocycles. The van der Waals surface area contributed by atoms with Gasteiger partial charge in [0.05, 0.1) is 5.92 Å². The molecule has 0 radical (unpaired) electrons. The number of H-pyrrole nitrogens is 2. The average molecular weight is 344 g/mol. The Morgan fingerprint density at radius 2 is 1.52 bits per heavy atom. The number of oxime groups is 1. The molecule has 0 aliphatic rings. The third-order valence-corrected chi connectivity index (χ3v) is 3.92. The predicted octanol–water partition coefficient (Wildman–Crippen LogP) is 4.12. The summed E-state index contributed by atoms with van der Waals surface area (Å²) in [6.45, 7) is 0. The highest BCUT2D eigenvalue weighted by Gasteiger charge is 2.24. The van der Waals surface area contributed by atoms with Gasteiger partial charge in [0, 0.05) is 33.8 Å². The summed E-state index contributed by atoms with van der Waals surface area (Å²) in [6, 6.07) is 15.5. The number of aromatic nitrogens is 2. The Morgan fingerprint density at radius 3 is 1.95 bits per heavy atom. The van der Waals surface area contributed by atoms with Gasteiger partial charge in [0.2, 0.25) is 0 Å². The number of rotatable bonds is 4. The fraction of sp³-hybridized carbons (Fsp3) is 0.0625. The molecule has 0 saturated heterocycles. The first-order valence-electron chi connectivity index (χ1n) is 6.54. The number of benzene rings is 1. The van der Waals surface area contributed by atoms with E-state index in [2.05, 4.69) is 31.1 Å². The van der Waals surface area contributed by atoms with Crippen molar-refractivity contribution in [3.63, 3.8) is 0 Å². The van der Waals surface area contributed by atoms with E-state index in [4.69, 9.17) is 0 Å². The Labute approximate surface area is 130 Å². The van der Waals surface area contributed by atoms with Crippen LogP contribution in [-0.2, 0) is 0 Å². The molecule has 0 fully saturated rings. The predicted molar refractivity (Wildman–Crippen MR) is 85.9 cm³/mol. The van der Waals surface area contributed by atoms with Crippen LogP contribution in [-0.4, -0.2) is 20.9 Å². The highest BCUT2D eigenvalue weighted by atomic mass is 79.9. The van der Waals surface area contributed by atoms with Crippen molar-refractivity contribution in [3.05, 3.63) is 82.3 Å². The first kappa shape index (κ1) is 13.7. The van der Waals surface area contributed by atoms with Crippen molar-refractivity contribution in [1.29, 1.82) is 0 Å². The monoisotopic (exact) mass is 343 g/mol. The molecule has 0 aliphatic carbocycles. The molecule has 0 spiro atoms. The summed E-state index contributed by atoms with van der Waals surface area (Å²) in [5.74, 6) is -0.179. The molecule has 0 unspecified atom stereocenters. The van der Waals surface area contributed by atoms with Gasteiger partial charge in [-0.3, -0.25) is 0 Å². The molecule has 1 aromatic carbocycles. The smallest absolute Gasteiger partial charge is 0.102 e. The lowest BCUT2D eigenvalue weighted by molar-refractivity contribution is 0.317. The highest BCUT2D eigenvalue weighted by Crippen LogP contribution is 2.27. The first-order valence-corrected chi connectivity index (χ1v) is 7.33. The molecule has 3 aromatic rings. The van der Waals surface area contributed by atoms with E-state index in [-0.39, 0.29) is 5.92 Å². The minimum atomic E-state index is -0.179. The van der Waals surface area contributed by atoms with Crippen LogP contribution in [0.1, 0.15) is 22.9 Å². The van der Waals surface area contributed by atoms with Crippen LogP contribution in [0.3, 0.4) is 0 Å². The van der Waals surface area contributed by atoms with Crippen LogP contribution in [0.2, 0.25) is 0 Å². The summed E-state index contributed by atoms with van der Waals surface area (Å²) >= 11 is 3.42. The van der Waals surface area contributed by atoms with Gasteiger partial charge in [-0.15, -0.1) is 0 Å². The van der Waals surface area contributed by atoms with E-state index in [0.29, 0.717) is 5.71 Å². The van der Waals surface area contributed by atoms with Gasteiger partial charge in [0.1, 0.15) is 5.71 Å². The van der Waals surface area contributed by atoms with E-state index < -0.39 is 0 Å². The molecule has 3 rings (SSSR count). The Hall–Kier alpha value is -2.27. The molecule has 5 heteroatoms. The summed E-state index contributed by atoms with van der Waals surface area (Å²) in [5.41, 5.74) is 3.39. The number of halogens is 1. The number of hydrogen-bond donors (Lipinski definition) is 3.